The Hall–Kier alpha value is -2.72. The average Bonchev–Trinajstić information content (AvgIpc) is 2.90. The topological polar surface area (TPSA) is 33.4 Å². The van der Waals surface area contributed by atoms with Gasteiger partial charge < -0.3 is 4.90 Å². The van der Waals surface area contributed by atoms with Crippen molar-refractivity contribution in [3.8, 4) is 5.69 Å². The van der Waals surface area contributed by atoms with Gasteiger partial charge in [0.25, 0.3) is 0 Å². The van der Waals surface area contributed by atoms with Crippen molar-refractivity contribution in [2.45, 2.75) is 13.1 Å². The zero-order valence-corrected chi connectivity index (χ0v) is 14.0. The lowest BCUT2D eigenvalue weighted by atomic mass is 10.0. The maximum Gasteiger partial charge on any atom is 0.127 e. The molecule has 0 bridgehead atoms. The maximum atomic E-state index is 4.91. The van der Waals surface area contributed by atoms with E-state index in [0.29, 0.717) is 6.54 Å². The molecular formula is C20H20N4. The van der Waals surface area contributed by atoms with Crippen LogP contribution in [0.3, 0.4) is 0 Å². The second-order valence-corrected chi connectivity index (χ2v) is 6.29. The van der Waals surface area contributed by atoms with Gasteiger partial charge >= 0.3 is 0 Å². The van der Waals surface area contributed by atoms with Gasteiger partial charge in [-0.2, -0.15) is 0 Å². The Morgan fingerprint density at radius 1 is 1.00 bits per heavy atom. The van der Waals surface area contributed by atoms with E-state index in [1.54, 1.807) is 0 Å². The number of hydrogen-bond donors (Lipinski definition) is 0. The summed E-state index contributed by atoms with van der Waals surface area (Å²) in [7, 11) is 4.13. The van der Waals surface area contributed by atoms with E-state index in [2.05, 4.69) is 77.1 Å². The van der Waals surface area contributed by atoms with Crippen molar-refractivity contribution in [2.24, 2.45) is 4.99 Å². The predicted octanol–water partition coefficient (Wildman–Crippen LogP) is 3.28. The summed E-state index contributed by atoms with van der Waals surface area (Å²) >= 11 is 0. The van der Waals surface area contributed by atoms with Gasteiger partial charge in [0.2, 0.25) is 0 Å². The number of fused-ring (bicyclic) bond motifs is 3. The molecule has 0 aliphatic carbocycles. The number of aliphatic imine (C=N–C) groups is 1. The highest BCUT2D eigenvalue weighted by molar-refractivity contribution is 6.15. The first kappa shape index (κ1) is 14.8. The van der Waals surface area contributed by atoms with Gasteiger partial charge in [0.15, 0.2) is 0 Å². The number of rotatable bonds is 3. The minimum Gasteiger partial charge on any atom is -0.302 e. The third-order valence-electron chi connectivity index (χ3n) is 4.21. The van der Waals surface area contributed by atoms with Crippen LogP contribution in [0.2, 0.25) is 0 Å². The van der Waals surface area contributed by atoms with Crippen molar-refractivity contribution in [3.05, 3.63) is 83.4 Å². The van der Waals surface area contributed by atoms with Crippen molar-refractivity contribution in [1.29, 1.82) is 0 Å². The fourth-order valence-electron chi connectivity index (χ4n) is 3.19. The average molecular weight is 316 g/mol. The van der Waals surface area contributed by atoms with E-state index in [9.17, 15) is 0 Å². The number of nitrogens with zero attached hydrogens (tertiary/aromatic N) is 4. The van der Waals surface area contributed by atoms with E-state index in [-0.39, 0.29) is 0 Å². The molecule has 2 heterocycles. The molecule has 0 spiro atoms. The molecule has 0 atom stereocenters. The zero-order chi connectivity index (χ0) is 16.5. The van der Waals surface area contributed by atoms with E-state index in [4.69, 9.17) is 4.99 Å². The van der Waals surface area contributed by atoms with E-state index < -0.39 is 0 Å². The van der Waals surface area contributed by atoms with E-state index in [0.717, 1.165) is 40.6 Å². The summed E-state index contributed by atoms with van der Waals surface area (Å²) in [6.45, 7) is 1.44. The van der Waals surface area contributed by atoms with Crippen LogP contribution in [0.5, 0.6) is 0 Å². The highest BCUT2D eigenvalue weighted by Crippen LogP contribution is 2.26. The maximum absolute atomic E-state index is 4.91. The molecule has 2 aromatic carbocycles. The number of para-hydroxylation sites is 1. The fraction of sp³-hybridized carbons (Fsp3) is 0.200. The molecule has 1 aliphatic heterocycles. The molecule has 0 fully saturated rings. The SMILES string of the molecule is CN(C)Cc1ncc2n1-c1ccccc1C(c1ccccc1)=NC2. The number of aromatic nitrogens is 2. The molecule has 1 aliphatic rings. The highest BCUT2D eigenvalue weighted by atomic mass is 15.2. The molecule has 0 saturated carbocycles. The summed E-state index contributed by atoms with van der Waals surface area (Å²) in [4.78, 5) is 11.7. The Morgan fingerprint density at radius 2 is 1.75 bits per heavy atom. The van der Waals surface area contributed by atoms with Gasteiger partial charge in [0, 0.05) is 11.1 Å². The molecule has 0 N–H and O–H groups in total. The number of imidazole rings is 1. The van der Waals surface area contributed by atoms with Gasteiger partial charge in [-0.1, -0.05) is 48.5 Å². The van der Waals surface area contributed by atoms with E-state index in [1.165, 1.54) is 0 Å². The lowest BCUT2D eigenvalue weighted by Gasteiger charge is -2.16. The third kappa shape index (κ3) is 2.55. The smallest absolute Gasteiger partial charge is 0.127 e. The normalized spacial score (nSPS) is 13.2. The third-order valence-corrected chi connectivity index (χ3v) is 4.21. The van der Waals surface area contributed by atoms with Gasteiger partial charge in [0.05, 0.1) is 36.4 Å². The Labute approximate surface area is 142 Å². The lowest BCUT2D eigenvalue weighted by Crippen LogP contribution is -2.16. The molecule has 0 unspecified atom stereocenters. The van der Waals surface area contributed by atoms with Gasteiger partial charge in [-0.25, -0.2) is 4.98 Å². The second-order valence-electron chi connectivity index (χ2n) is 6.29. The van der Waals surface area contributed by atoms with Crippen LogP contribution in [-0.2, 0) is 13.1 Å². The predicted molar refractivity (Wildman–Crippen MR) is 96.7 cm³/mol. The summed E-state index contributed by atoms with van der Waals surface area (Å²) < 4.78 is 2.26. The molecule has 3 aromatic rings. The quantitative estimate of drug-likeness (QED) is 0.743. The van der Waals surface area contributed by atoms with Crippen LogP contribution in [0.4, 0.5) is 0 Å². The molecule has 4 heteroatoms. The molecule has 0 amide bonds. The first-order valence-corrected chi connectivity index (χ1v) is 8.14. The van der Waals surface area contributed by atoms with Gasteiger partial charge in [0.1, 0.15) is 5.82 Å². The Kier molecular flexibility index (Phi) is 3.75. The van der Waals surface area contributed by atoms with Crippen LogP contribution in [-0.4, -0.2) is 34.3 Å². The Bertz CT molecular complexity index is 891. The van der Waals surface area contributed by atoms with Crippen molar-refractivity contribution in [1.82, 2.24) is 14.5 Å². The summed E-state index contributed by atoms with van der Waals surface area (Å²) in [5.74, 6) is 1.05. The van der Waals surface area contributed by atoms with Crippen molar-refractivity contribution < 1.29 is 0 Å². The Morgan fingerprint density at radius 3 is 2.54 bits per heavy atom. The monoisotopic (exact) mass is 316 g/mol. The first-order chi connectivity index (χ1) is 11.7. The highest BCUT2D eigenvalue weighted by Gasteiger charge is 2.21. The molecular weight excluding hydrogens is 296 g/mol. The van der Waals surface area contributed by atoms with Crippen LogP contribution in [0, 0.1) is 0 Å². The molecule has 1 aromatic heterocycles. The van der Waals surface area contributed by atoms with Crippen LogP contribution in [0.1, 0.15) is 22.6 Å². The standard InChI is InChI=1S/C20H20N4/c1-23(2)14-19-21-12-16-13-22-20(15-8-4-3-5-9-15)17-10-6-7-11-18(17)24(16)19/h3-12H,13-14H2,1-2H3. The summed E-state index contributed by atoms with van der Waals surface area (Å²) in [6, 6.07) is 18.9. The van der Waals surface area contributed by atoms with Crippen molar-refractivity contribution in [3.63, 3.8) is 0 Å². The van der Waals surface area contributed by atoms with Crippen LogP contribution in [0.15, 0.2) is 65.8 Å². The Balaban J connectivity index is 1.91. The summed E-state index contributed by atoms with van der Waals surface area (Å²) in [5, 5.41) is 0. The number of hydrogen-bond acceptors (Lipinski definition) is 3. The molecule has 4 rings (SSSR count). The second kappa shape index (κ2) is 6.06. The van der Waals surface area contributed by atoms with Crippen LogP contribution < -0.4 is 0 Å². The van der Waals surface area contributed by atoms with Crippen LogP contribution in [0.25, 0.3) is 5.69 Å². The largest absolute Gasteiger partial charge is 0.302 e. The van der Waals surface area contributed by atoms with Crippen molar-refractivity contribution >= 4 is 5.71 Å². The van der Waals surface area contributed by atoms with Crippen molar-refractivity contribution in [2.75, 3.05) is 14.1 Å². The van der Waals surface area contributed by atoms with Crippen LogP contribution >= 0.6 is 0 Å². The first-order valence-electron chi connectivity index (χ1n) is 8.14. The molecule has 0 radical (unpaired) electrons. The summed E-state index contributed by atoms with van der Waals surface area (Å²) in [6.07, 6.45) is 1.95. The molecule has 4 nitrogen and oxygen atoms in total. The van der Waals surface area contributed by atoms with Gasteiger partial charge in [-0.15, -0.1) is 0 Å². The lowest BCUT2D eigenvalue weighted by molar-refractivity contribution is 0.387. The number of benzene rings is 2. The van der Waals surface area contributed by atoms with Gasteiger partial charge in [-0.05, 0) is 20.2 Å². The molecule has 120 valence electrons. The summed E-state index contributed by atoms with van der Waals surface area (Å²) in [5.41, 5.74) is 5.64. The fourth-order valence-corrected chi connectivity index (χ4v) is 3.19. The molecule has 0 saturated heterocycles. The van der Waals surface area contributed by atoms with Gasteiger partial charge in [-0.3, -0.25) is 9.56 Å². The van der Waals surface area contributed by atoms with E-state index >= 15 is 0 Å². The van der Waals surface area contributed by atoms with E-state index in [1.807, 2.05) is 12.3 Å². The minimum atomic E-state index is 0.638. The molecule has 24 heavy (non-hydrogen) atoms. The minimum absolute atomic E-state index is 0.638. The zero-order valence-electron chi connectivity index (χ0n) is 14.0.